The van der Waals surface area contributed by atoms with E-state index in [2.05, 4.69) is 60.0 Å². The lowest BCUT2D eigenvalue weighted by molar-refractivity contribution is -0.884. The van der Waals surface area contributed by atoms with Crippen molar-refractivity contribution in [1.82, 2.24) is 0 Å². The molecule has 0 aromatic heterocycles. The second kappa shape index (κ2) is 14.1. The van der Waals surface area contributed by atoms with Crippen LogP contribution in [0.5, 0.6) is 0 Å². The van der Waals surface area contributed by atoms with Gasteiger partial charge in [0.05, 0.1) is 32.9 Å². The summed E-state index contributed by atoms with van der Waals surface area (Å²) in [6.07, 6.45) is 15.1. The topological polar surface area (TPSA) is 54.4 Å². The lowest BCUT2D eigenvalue weighted by Crippen LogP contribution is -2.40. The molecule has 0 rings (SSSR count). The number of allylic oxidation sites excluding steroid dienone is 5. The SMILES string of the molecule is CC(C)=CCC/C(C)=C/CC/C(C)=C/C[N+](C)(C)CCCCCCS(=O)(=O)O. The Balaban J connectivity index is 4.05. The third kappa shape index (κ3) is 18.5. The van der Waals surface area contributed by atoms with Crippen LogP contribution in [0.25, 0.3) is 0 Å². The Morgan fingerprint density at radius 1 is 0.821 bits per heavy atom. The Morgan fingerprint density at radius 2 is 1.36 bits per heavy atom. The van der Waals surface area contributed by atoms with Gasteiger partial charge in [-0.15, -0.1) is 0 Å². The molecule has 28 heavy (non-hydrogen) atoms. The number of quaternary nitrogens is 1. The van der Waals surface area contributed by atoms with E-state index in [1.807, 2.05) is 0 Å². The second-order valence-electron chi connectivity index (χ2n) is 9.00. The van der Waals surface area contributed by atoms with Gasteiger partial charge in [-0.2, -0.15) is 8.42 Å². The number of likely N-dealkylation sites (N-methyl/N-ethyl adjacent to an activating group) is 1. The van der Waals surface area contributed by atoms with Gasteiger partial charge in [0.1, 0.15) is 0 Å². The average molecular weight is 415 g/mol. The monoisotopic (exact) mass is 414 g/mol. The summed E-state index contributed by atoms with van der Waals surface area (Å²) < 4.78 is 31.1. The summed E-state index contributed by atoms with van der Waals surface area (Å²) in [4.78, 5) is 0. The molecule has 0 saturated carbocycles. The molecule has 0 aromatic rings. The van der Waals surface area contributed by atoms with E-state index in [1.54, 1.807) is 0 Å². The smallest absolute Gasteiger partial charge is 0.264 e. The maximum Gasteiger partial charge on any atom is 0.264 e. The molecule has 0 saturated heterocycles. The van der Waals surface area contributed by atoms with Gasteiger partial charge in [0, 0.05) is 0 Å². The fourth-order valence-electron chi connectivity index (χ4n) is 3.01. The van der Waals surface area contributed by atoms with Crippen LogP contribution in [0.4, 0.5) is 0 Å². The van der Waals surface area contributed by atoms with Gasteiger partial charge in [-0.1, -0.05) is 35.3 Å². The zero-order valence-electron chi connectivity index (χ0n) is 19.1. The summed E-state index contributed by atoms with van der Waals surface area (Å²) in [6, 6.07) is 0. The van der Waals surface area contributed by atoms with E-state index in [0.29, 0.717) is 6.42 Å². The van der Waals surface area contributed by atoms with Gasteiger partial charge in [0.25, 0.3) is 10.1 Å². The van der Waals surface area contributed by atoms with Crippen LogP contribution in [0, 0.1) is 0 Å². The maximum atomic E-state index is 10.7. The van der Waals surface area contributed by atoms with Crippen LogP contribution in [0.3, 0.4) is 0 Å². The van der Waals surface area contributed by atoms with E-state index in [0.717, 1.165) is 62.5 Å². The summed E-state index contributed by atoms with van der Waals surface area (Å²) >= 11 is 0. The molecule has 0 bridgehead atoms. The first kappa shape index (κ1) is 27.1. The molecule has 0 fully saturated rings. The van der Waals surface area contributed by atoms with Crippen LogP contribution < -0.4 is 0 Å². The number of nitrogens with zero attached hydrogens (tertiary/aromatic N) is 1. The van der Waals surface area contributed by atoms with Crippen molar-refractivity contribution in [1.29, 1.82) is 0 Å². The van der Waals surface area contributed by atoms with E-state index in [1.165, 1.54) is 16.7 Å². The molecule has 1 N–H and O–H groups in total. The highest BCUT2D eigenvalue weighted by atomic mass is 32.2. The van der Waals surface area contributed by atoms with Gasteiger partial charge in [-0.05, 0) is 78.7 Å². The number of rotatable bonds is 15. The van der Waals surface area contributed by atoms with Crippen LogP contribution in [0.15, 0.2) is 34.9 Å². The molecule has 4 nitrogen and oxygen atoms in total. The maximum absolute atomic E-state index is 10.7. The van der Waals surface area contributed by atoms with E-state index < -0.39 is 10.1 Å². The minimum atomic E-state index is -3.80. The predicted molar refractivity (Wildman–Crippen MR) is 122 cm³/mol. The third-order valence-electron chi connectivity index (χ3n) is 4.97. The molecule has 0 unspecified atom stereocenters. The van der Waals surface area contributed by atoms with Crippen LogP contribution >= 0.6 is 0 Å². The molecule has 0 aromatic carbocycles. The summed E-state index contributed by atoms with van der Waals surface area (Å²) in [7, 11) is 0.693. The summed E-state index contributed by atoms with van der Waals surface area (Å²) in [5.41, 5.74) is 4.33. The van der Waals surface area contributed by atoms with Crippen molar-refractivity contribution >= 4 is 10.1 Å². The molecule has 0 atom stereocenters. The standard InChI is InChI=1S/C23H43NO3S/c1-21(2)13-11-14-22(3)15-12-16-23(4)17-19-24(5,6)18-9-7-8-10-20-28(25,26)27/h13,15,17H,7-12,14,16,18-20H2,1-6H3/p+1/b22-15+,23-17+. The zero-order chi connectivity index (χ0) is 21.6. The molecule has 0 aliphatic rings. The Morgan fingerprint density at radius 3 is 1.93 bits per heavy atom. The molecular weight excluding hydrogens is 370 g/mol. The molecule has 0 aliphatic heterocycles. The van der Waals surface area contributed by atoms with Crippen molar-refractivity contribution in [3.8, 4) is 0 Å². The lowest BCUT2D eigenvalue weighted by Gasteiger charge is -2.28. The fraction of sp³-hybridized carbons (Fsp3) is 0.739. The lowest BCUT2D eigenvalue weighted by atomic mass is 10.1. The van der Waals surface area contributed by atoms with Gasteiger partial charge in [0.15, 0.2) is 0 Å². The van der Waals surface area contributed by atoms with Gasteiger partial charge in [-0.25, -0.2) is 0 Å². The predicted octanol–water partition coefficient (Wildman–Crippen LogP) is 5.93. The second-order valence-corrected chi connectivity index (χ2v) is 10.6. The highest BCUT2D eigenvalue weighted by Crippen LogP contribution is 2.13. The van der Waals surface area contributed by atoms with Gasteiger partial charge >= 0.3 is 0 Å². The van der Waals surface area contributed by atoms with Crippen molar-refractivity contribution in [3.63, 3.8) is 0 Å². The molecule has 5 heteroatoms. The van der Waals surface area contributed by atoms with E-state index in [-0.39, 0.29) is 5.75 Å². The highest BCUT2D eigenvalue weighted by Gasteiger charge is 2.12. The first-order chi connectivity index (χ1) is 12.9. The van der Waals surface area contributed by atoms with Crippen LogP contribution in [0.1, 0.15) is 79.1 Å². The molecule has 0 spiro atoms. The largest absolute Gasteiger partial charge is 0.325 e. The molecule has 0 aliphatic carbocycles. The quantitative estimate of drug-likeness (QED) is 0.156. The normalized spacial score (nSPS) is 13.7. The van der Waals surface area contributed by atoms with Crippen LogP contribution in [-0.4, -0.2) is 50.4 Å². The first-order valence-corrected chi connectivity index (χ1v) is 12.2. The van der Waals surface area contributed by atoms with Crippen molar-refractivity contribution in [2.75, 3.05) is 32.9 Å². The summed E-state index contributed by atoms with van der Waals surface area (Å²) in [6.45, 7) is 10.9. The Bertz CT molecular complexity index is 624. The first-order valence-electron chi connectivity index (χ1n) is 10.6. The molecular formula is C23H44NO3S+. The average Bonchev–Trinajstić information content (AvgIpc) is 2.55. The van der Waals surface area contributed by atoms with Crippen LogP contribution in [0.2, 0.25) is 0 Å². The Kier molecular flexibility index (Phi) is 13.7. The van der Waals surface area contributed by atoms with E-state index in [9.17, 15) is 8.42 Å². The number of hydrogen-bond acceptors (Lipinski definition) is 2. The van der Waals surface area contributed by atoms with Gasteiger partial charge < -0.3 is 4.48 Å². The van der Waals surface area contributed by atoms with Gasteiger partial charge in [-0.3, -0.25) is 4.55 Å². The van der Waals surface area contributed by atoms with E-state index >= 15 is 0 Å². The van der Waals surface area contributed by atoms with Crippen molar-refractivity contribution in [2.45, 2.75) is 79.1 Å². The van der Waals surface area contributed by atoms with Crippen molar-refractivity contribution in [3.05, 3.63) is 34.9 Å². The van der Waals surface area contributed by atoms with Crippen molar-refractivity contribution in [2.24, 2.45) is 0 Å². The highest BCUT2D eigenvalue weighted by molar-refractivity contribution is 7.85. The third-order valence-corrected chi connectivity index (χ3v) is 5.78. The van der Waals surface area contributed by atoms with Gasteiger partial charge in [0.2, 0.25) is 0 Å². The van der Waals surface area contributed by atoms with E-state index in [4.69, 9.17) is 4.55 Å². The Labute approximate surface area is 174 Å². The molecule has 0 radical (unpaired) electrons. The minimum absolute atomic E-state index is 0.115. The minimum Gasteiger partial charge on any atom is -0.325 e. The molecule has 164 valence electrons. The summed E-state index contributed by atoms with van der Waals surface area (Å²) in [5.74, 6) is -0.115. The number of hydrogen-bond donors (Lipinski definition) is 1. The number of unbranched alkanes of at least 4 members (excludes halogenated alkanes) is 3. The van der Waals surface area contributed by atoms with Crippen molar-refractivity contribution < 1.29 is 17.5 Å². The fourth-order valence-corrected chi connectivity index (χ4v) is 3.58. The molecule has 0 heterocycles. The molecule has 0 amide bonds. The summed E-state index contributed by atoms with van der Waals surface area (Å²) in [5, 5.41) is 0. The Hall–Kier alpha value is -0.910. The van der Waals surface area contributed by atoms with Crippen LogP contribution in [-0.2, 0) is 10.1 Å². The zero-order valence-corrected chi connectivity index (χ0v) is 19.9.